The number of Topliss-reactive ketones (excluding diaryl/α,β-unsaturated/α-hetero) is 1. The van der Waals surface area contributed by atoms with E-state index in [1.807, 2.05) is 43.3 Å². The van der Waals surface area contributed by atoms with E-state index >= 15 is 0 Å². The molecule has 2 aromatic carbocycles. The van der Waals surface area contributed by atoms with Crippen LogP contribution in [-0.2, 0) is 6.42 Å². The summed E-state index contributed by atoms with van der Waals surface area (Å²) >= 11 is 0. The number of ketones is 1. The summed E-state index contributed by atoms with van der Waals surface area (Å²) in [5, 5.41) is 10.0. The Labute approximate surface area is 107 Å². The number of aromatic hydroxyl groups is 1. The Hall–Kier alpha value is -2.09. The second kappa shape index (κ2) is 5.05. The van der Waals surface area contributed by atoms with Crippen LogP contribution in [0.2, 0.25) is 0 Å². The number of aryl methyl sites for hydroxylation is 1. The zero-order valence-corrected chi connectivity index (χ0v) is 10.6. The first-order chi connectivity index (χ1) is 8.63. The zero-order valence-electron chi connectivity index (χ0n) is 10.6. The maximum Gasteiger partial charge on any atom is 0.163 e. The highest BCUT2D eigenvalue weighted by Crippen LogP contribution is 2.30. The first-order valence-corrected chi connectivity index (χ1v) is 6.05. The summed E-state index contributed by atoms with van der Waals surface area (Å²) in [6, 6.07) is 13.5. The largest absolute Gasteiger partial charge is 0.507 e. The van der Waals surface area contributed by atoms with E-state index in [1.165, 1.54) is 6.92 Å². The molecule has 0 unspecified atom stereocenters. The first-order valence-electron chi connectivity index (χ1n) is 6.05. The molecule has 0 fully saturated rings. The highest BCUT2D eigenvalue weighted by Gasteiger charge is 2.13. The van der Waals surface area contributed by atoms with Crippen molar-refractivity contribution in [2.24, 2.45) is 0 Å². The van der Waals surface area contributed by atoms with Gasteiger partial charge in [-0.25, -0.2) is 0 Å². The molecule has 92 valence electrons. The number of rotatable bonds is 3. The Morgan fingerprint density at radius 1 is 1.11 bits per heavy atom. The van der Waals surface area contributed by atoms with E-state index in [0.717, 1.165) is 23.1 Å². The van der Waals surface area contributed by atoms with Gasteiger partial charge in [-0.2, -0.15) is 0 Å². The van der Waals surface area contributed by atoms with Crippen molar-refractivity contribution in [3.63, 3.8) is 0 Å². The normalized spacial score (nSPS) is 10.3. The van der Waals surface area contributed by atoms with Crippen LogP contribution in [0, 0.1) is 0 Å². The van der Waals surface area contributed by atoms with Crippen LogP contribution in [0.5, 0.6) is 5.75 Å². The molecule has 0 saturated heterocycles. The van der Waals surface area contributed by atoms with E-state index in [2.05, 4.69) is 0 Å². The quantitative estimate of drug-likeness (QED) is 0.828. The summed E-state index contributed by atoms with van der Waals surface area (Å²) in [6.07, 6.45) is 0.725. The number of carbonyl (C=O) groups is 1. The van der Waals surface area contributed by atoms with Crippen LogP contribution >= 0.6 is 0 Å². The zero-order chi connectivity index (χ0) is 13.1. The molecule has 0 aromatic heterocycles. The molecule has 2 heteroatoms. The van der Waals surface area contributed by atoms with Crippen molar-refractivity contribution >= 4 is 5.78 Å². The van der Waals surface area contributed by atoms with Crippen LogP contribution in [0.4, 0.5) is 0 Å². The van der Waals surface area contributed by atoms with Gasteiger partial charge in [0.1, 0.15) is 5.75 Å². The Balaban J connectivity index is 2.60. The van der Waals surface area contributed by atoms with E-state index < -0.39 is 0 Å². The third-order valence-corrected chi connectivity index (χ3v) is 3.04. The van der Waals surface area contributed by atoms with Gasteiger partial charge in [0.05, 0.1) is 5.56 Å². The second-order valence-electron chi connectivity index (χ2n) is 4.31. The average molecular weight is 240 g/mol. The van der Waals surface area contributed by atoms with Crippen molar-refractivity contribution in [2.45, 2.75) is 20.3 Å². The molecule has 0 bridgehead atoms. The summed E-state index contributed by atoms with van der Waals surface area (Å²) in [7, 11) is 0. The lowest BCUT2D eigenvalue weighted by Crippen LogP contribution is -2.00. The molecular formula is C16H16O2. The van der Waals surface area contributed by atoms with Gasteiger partial charge in [0.25, 0.3) is 0 Å². The van der Waals surface area contributed by atoms with Crippen molar-refractivity contribution in [1.29, 1.82) is 0 Å². The van der Waals surface area contributed by atoms with Crippen molar-refractivity contribution in [2.75, 3.05) is 0 Å². The van der Waals surface area contributed by atoms with E-state index in [9.17, 15) is 9.90 Å². The highest BCUT2D eigenvalue weighted by molar-refractivity contribution is 5.99. The van der Waals surface area contributed by atoms with Gasteiger partial charge in [0.15, 0.2) is 5.78 Å². The topological polar surface area (TPSA) is 37.3 Å². The van der Waals surface area contributed by atoms with Gasteiger partial charge in [0.2, 0.25) is 0 Å². The predicted octanol–water partition coefficient (Wildman–Crippen LogP) is 3.82. The summed E-state index contributed by atoms with van der Waals surface area (Å²) in [6.45, 7) is 3.46. The molecule has 0 aliphatic carbocycles. The van der Waals surface area contributed by atoms with Gasteiger partial charge >= 0.3 is 0 Å². The molecule has 2 aromatic rings. The van der Waals surface area contributed by atoms with Crippen LogP contribution in [0.3, 0.4) is 0 Å². The van der Waals surface area contributed by atoms with E-state index in [1.54, 1.807) is 6.07 Å². The molecule has 2 rings (SSSR count). The van der Waals surface area contributed by atoms with Crippen molar-refractivity contribution in [1.82, 2.24) is 0 Å². The Morgan fingerprint density at radius 2 is 1.78 bits per heavy atom. The molecule has 0 saturated carbocycles. The number of hydrogen-bond acceptors (Lipinski definition) is 2. The molecule has 0 aliphatic heterocycles. The fourth-order valence-corrected chi connectivity index (χ4v) is 2.17. The Morgan fingerprint density at radius 3 is 2.33 bits per heavy atom. The van der Waals surface area contributed by atoms with E-state index in [4.69, 9.17) is 0 Å². The van der Waals surface area contributed by atoms with Gasteiger partial charge in [-0.15, -0.1) is 0 Å². The third kappa shape index (κ3) is 2.28. The number of benzene rings is 2. The lowest BCUT2D eigenvalue weighted by Gasteiger charge is -2.11. The fraction of sp³-hybridized carbons (Fsp3) is 0.188. The smallest absolute Gasteiger partial charge is 0.163 e. The molecule has 2 nitrogen and oxygen atoms in total. The number of hydrogen-bond donors (Lipinski definition) is 1. The minimum atomic E-state index is -0.0936. The fourth-order valence-electron chi connectivity index (χ4n) is 2.17. The van der Waals surface area contributed by atoms with Crippen LogP contribution in [-0.4, -0.2) is 10.9 Å². The molecule has 0 spiro atoms. The standard InChI is InChI=1S/C16H16O2/c1-3-12-9-14(13-7-5-4-6-8-13)10-15(18)16(12)11(2)17/h4-10,18H,3H2,1-2H3. The summed E-state index contributed by atoms with van der Waals surface area (Å²) in [5.74, 6) is -0.0235. The molecule has 0 heterocycles. The summed E-state index contributed by atoms with van der Waals surface area (Å²) < 4.78 is 0. The molecule has 18 heavy (non-hydrogen) atoms. The molecule has 0 aliphatic rings. The average Bonchev–Trinajstić information content (AvgIpc) is 2.38. The maximum absolute atomic E-state index is 11.5. The number of phenols is 1. The van der Waals surface area contributed by atoms with Gasteiger partial charge < -0.3 is 5.11 Å². The minimum absolute atomic E-state index is 0.0701. The molecule has 1 N–H and O–H groups in total. The third-order valence-electron chi connectivity index (χ3n) is 3.04. The van der Waals surface area contributed by atoms with Crippen LogP contribution in [0.1, 0.15) is 29.8 Å². The van der Waals surface area contributed by atoms with E-state index in [-0.39, 0.29) is 11.5 Å². The predicted molar refractivity (Wildman–Crippen MR) is 72.9 cm³/mol. The van der Waals surface area contributed by atoms with Crippen molar-refractivity contribution in [3.05, 3.63) is 53.6 Å². The number of carbonyl (C=O) groups excluding carboxylic acids is 1. The second-order valence-corrected chi connectivity index (χ2v) is 4.31. The van der Waals surface area contributed by atoms with Crippen LogP contribution < -0.4 is 0 Å². The lowest BCUT2D eigenvalue weighted by molar-refractivity contribution is 0.101. The van der Waals surface area contributed by atoms with Crippen molar-refractivity contribution < 1.29 is 9.90 Å². The molecule has 0 amide bonds. The SMILES string of the molecule is CCc1cc(-c2ccccc2)cc(O)c1C(C)=O. The highest BCUT2D eigenvalue weighted by atomic mass is 16.3. The first kappa shape index (κ1) is 12.4. The van der Waals surface area contributed by atoms with Crippen LogP contribution in [0.15, 0.2) is 42.5 Å². The van der Waals surface area contributed by atoms with Gasteiger partial charge in [-0.1, -0.05) is 43.3 Å². The molecule has 0 atom stereocenters. The monoisotopic (exact) mass is 240 g/mol. The minimum Gasteiger partial charge on any atom is -0.507 e. The summed E-state index contributed by atoms with van der Waals surface area (Å²) in [5.41, 5.74) is 3.31. The van der Waals surface area contributed by atoms with Gasteiger partial charge in [-0.3, -0.25) is 4.79 Å². The van der Waals surface area contributed by atoms with Crippen molar-refractivity contribution in [3.8, 4) is 16.9 Å². The van der Waals surface area contributed by atoms with Crippen LogP contribution in [0.25, 0.3) is 11.1 Å². The maximum atomic E-state index is 11.5. The summed E-state index contributed by atoms with van der Waals surface area (Å²) in [4.78, 5) is 11.5. The Bertz CT molecular complexity index is 571. The van der Waals surface area contributed by atoms with E-state index in [0.29, 0.717) is 5.56 Å². The Kier molecular flexibility index (Phi) is 3.47. The lowest BCUT2D eigenvalue weighted by atomic mass is 9.95. The van der Waals surface area contributed by atoms with Gasteiger partial charge in [0, 0.05) is 0 Å². The number of phenolic OH excluding ortho intramolecular Hbond substituents is 1. The molecule has 0 radical (unpaired) electrons. The molecular weight excluding hydrogens is 224 g/mol. The van der Waals surface area contributed by atoms with Gasteiger partial charge in [-0.05, 0) is 36.1 Å².